The molecule has 1 aliphatic rings. The smallest absolute Gasteiger partial charge is 0.0593 e. The van der Waals surface area contributed by atoms with Crippen LogP contribution in [0.3, 0.4) is 0 Å². The summed E-state index contributed by atoms with van der Waals surface area (Å²) in [7, 11) is 2.16. The van der Waals surface area contributed by atoms with Crippen molar-refractivity contribution < 1.29 is 4.74 Å². The zero-order valence-corrected chi connectivity index (χ0v) is 13.6. The van der Waals surface area contributed by atoms with E-state index < -0.39 is 0 Å². The third-order valence-electron chi connectivity index (χ3n) is 4.41. The van der Waals surface area contributed by atoms with Gasteiger partial charge in [0.2, 0.25) is 0 Å². The van der Waals surface area contributed by atoms with Gasteiger partial charge in [0.1, 0.15) is 0 Å². The van der Waals surface area contributed by atoms with Crippen LogP contribution in [0.25, 0.3) is 0 Å². The van der Waals surface area contributed by atoms with Gasteiger partial charge >= 0.3 is 0 Å². The minimum atomic E-state index is 0.284. The van der Waals surface area contributed by atoms with E-state index in [9.17, 15) is 0 Å². The quantitative estimate of drug-likeness (QED) is 0.744. The number of anilines is 1. The van der Waals surface area contributed by atoms with Crippen molar-refractivity contribution in [3.63, 3.8) is 0 Å². The molecular weight excluding hydrogens is 262 g/mol. The fraction of sp³-hybridized carbons (Fsp3) is 0.647. The van der Waals surface area contributed by atoms with Gasteiger partial charge in [0.05, 0.1) is 6.61 Å². The van der Waals surface area contributed by atoms with Gasteiger partial charge in [0.25, 0.3) is 0 Å². The molecular formula is C17H29N3O. The highest BCUT2D eigenvalue weighted by molar-refractivity contribution is 5.58. The first-order valence-electron chi connectivity index (χ1n) is 8.07. The Hall–Kier alpha value is -1.10. The molecule has 118 valence electrons. The summed E-state index contributed by atoms with van der Waals surface area (Å²) in [6.07, 6.45) is 1.14. The first kappa shape index (κ1) is 16.3. The summed E-state index contributed by atoms with van der Waals surface area (Å²) >= 11 is 0. The predicted octanol–water partition coefficient (Wildman–Crippen LogP) is 2.04. The molecule has 21 heavy (non-hydrogen) atoms. The molecule has 4 heteroatoms. The third-order valence-corrected chi connectivity index (χ3v) is 4.41. The lowest BCUT2D eigenvalue weighted by atomic mass is 10.0. The Morgan fingerprint density at radius 2 is 2.19 bits per heavy atom. The Balaban J connectivity index is 2.12. The molecule has 0 saturated carbocycles. The first-order valence-corrected chi connectivity index (χ1v) is 8.07. The van der Waals surface area contributed by atoms with E-state index in [0.717, 1.165) is 39.3 Å². The predicted molar refractivity (Wildman–Crippen MR) is 89.0 cm³/mol. The maximum atomic E-state index is 6.07. The number of nitrogens with two attached hydrogens (primary N) is 1. The lowest BCUT2D eigenvalue weighted by Gasteiger charge is -2.30. The second-order valence-corrected chi connectivity index (χ2v) is 5.64. The summed E-state index contributed by atoms with van der Waals surface area (Å²) in [5.41, 5.74) is 10.2. The highest BCUT2D eigenvalue weighted by Crippen LogP contribution is 2.30. The minimum absolute atomic E-state index is 0.284. The van der Waals surface area contributed by atoms with E-state index in [1.165, 1.54) is 16.8 Å². The molecule has 0 aliphatic carbocycles. The Morgan fingerprint density at radius 1 is 1.38 bits per heavy atom. The molecule has 1 aliphatic heterocycles. The molecule has 1 unspecified atom stereocenters. The van der Waals surface area contributed by atoms with Crippen LogP contribution in [0.5, 0.6) is 0 Å². The first-order chi connectivity index (χ1) is 10.2. The maximum Gasteiger partial charge on any atom is 0.0593 e. The number of ether oxygens (including phenoxy) is 1. The molecule has 1 atom stereocenters. The van der Waals surface area contributed by atoms with Crippen LogP contribution in [0.4, 0.5) is 5.69 Å². The normalized spacial score (nSPS) is 15.6. The number of likely N-dealkylation sites (N-methyl/N-ethyl adjacent to an activating group) is 2. The van der Waals surface area contributed by atoms with Crippen molar-refractivity contribution in [1.29, 1.82) is 0 Å². The number of hydrogen-bond acceptors (Lipinski definition) is 4. The van der Waals surface area contributed by atoms with Crippen molar-refractivity contribution in [2.75, 3.05) is 51.3 Å². The lowest BCUT2D eigenvalue weighted by Crippen LogP contribution is -2.36. The Morgan fingerprint density at radius 3 is 2.86 bits per heavy atom. The number of benzene rings is 1. The molecule has 0 bridgehead atoms. The Labute approximate surface area is 128 Å². The molecule has 0 aromatic heterocycles. The summed E-state index contributed by atoms with van der Waals surface area (Å²) in [4.78, 5) is 4.74. The summed E-state index contributed by atoms with van der Waals surface area (Å²) < 4.78 is 5.50. The van der Waals surface area contributed by atoms with Crippen LogP contribution in [-0.2, 0) is 11.2 Å². The summed E-state index contributed by atoms with van der Waals surface area (Å²) in [5, 5.41) is 0. The van der Waals surface area contributed by atoms with Crippen LogP contribution in [0.2, 0.25) is 0 Å². The summed E-state index contributed by atoms with van der Waals surface area (Å²) in [5.74, 6) is 0. The Kier molecular flexibility index (Phi) is 6.03. The van der Waals surface area contributed by atoms with Crippen LogP contribution in [0.1, 0.15) is 31.0 Å². The van der Waals surface area contributed by atoms with Crippen LogP contribution >= 0.6 is 0 Å². The van der Waals surface area contributed by atoms with E-state index in [1.54, 1.807) is 0 Å². The third kappa shape index (κ3) is 3.76. The van der Waals surface area contributed by atoms with Gasteiger partial charge in [-0.1, -0.05) is 19.1 Å². The van der Waals surface area contributed by atoms with Gasteiger partial charge < -0.3 is 15.4 Å². The van der Waals surface area contributed by atoms with Crippen LogP contribution in [0.15, 0.2) is 18.2 Å². The van der Waals surface area contributed by atoms with E-state index in [0.29, 0.717) is 6.54 Å². The van der Waals surface area contributed by atoms with Gasteiger partial charge in [-0.15, -0.1) is 0 Å². The summed E-state index contributed by atoms with van der Waals surface area (Å²) in [6, 6.07) is 7.12. The minimum Gasteiger partial charge on any atom is -0.380 e. The molecule has 0 saturated heterocycles. The number of rotatable bonds is 8. The van der Waals surface area contributed by atoms with E-state index in [1.807, 2.05) is 6.92 Å². The zero-order chi connectivity index (χ0) is 15.2. The standard InChI is InChI=1S/C17H29N3O/c1-4-20(10-11-21-5-2)17(13-18)14-6-7-16-15(12-14)8-9-19(16)3/h6-7,12,17H,4-5,8-11,13,18H2,1-3H3. The SMILES string of the molecule is CCOCCN(CC)C(CN)c1ccc2c(c1)CCN2C. The highest BCUT2D eigenvalue weighted by atomic mass is 16.5. The van der Waals surface area contributed by atoms with Crippen LogP contribution in [0, 0.1) is 0 Å². The maximum absolute atomic E-state index is 6.07. The monoisotopic (exact) mass is 291 g/mol. The fourth-order valence-corrected chi connectivity index (χ4v) is 3.15. The van der Waals surface area contributed by atoms with Crippen LogP contribution in [-0.4, -0.2) is 51.3 Å². The topological polar surface area (TPSA) is 41.7 Å². The van der Waals surface area contributed by atoms with Gasteiger partial charge in [0.15, 0.2) is 0 Å². The van der Waals surface area contributed by atoms with Gasteiger partial charge in [-0.2, -0.15) is 0 Å². The van der Waals surface area contributed by atoms with Crippen LogP contribution < -0.4 is 10.6 Å². The van der Waals surface area contributed by atoms with Gasteiger partial charge in [-0.25, -0.2) is 0 Å². The van der Waals surface area contributed by atoms with Crippen molar-refractivity contribution >= 4 is 5.69 Å². The van der Waals surface area contributed by atoms with E-state index in [4.69, 9.17) is 10.5 Å². The van der Waals surface area contributed by atoms with E-state index >= 15 is 0 Å². The molecule has 1 heterocycles. The van der Waals surface area contributed by atoms with Gasteiger partial charge in [-0.05, 0) is 37.1 Å². The number of hydrogen-bond donors (Lipinski definition) is 1. The zero-order valence-electron chi connectivity index (χ0n) is 13.6. The molecule has 1 aromatic rings. The average molecular weight is 291 g/mol. The van der Waals surface area contributed by atoms with Crippen molar-refractivity contribution in [2.24, 2.45) is 5.73 Å². The second kappa shape index (κ2) is 7.78. The molecule has 1 aromatic carbocycles. The number of fused-ring (bicyclic) bond motifs is 1. The largest absolute Gasteiger partial charge is 0.380 e. The van der Waals surface area contributed by atoms with Gasteiger partial charge in [-0.3, -0.25) is 4.90 Å². The molecule has 0 spiro atoms. The fourth-order valence-electron chi connectivity index (χ4n) is 3.15. The highest BCUT2D eigenvalue weighted by Gasteiger charge is 2.21. The van der Waals surface area contributed by atoms with Crippen molar-refractivity contribution in [2.45, 2.75) is 26.3 Å². The van der Waals surface area contributed by atoms with E-state index in [2.05, 4.69) is 42.0 Å². The van der Waals surface area contributed by atoms with Crippen molar-refractivity contribution in [3.8, 4) is 0 Å². The van der Waals surface area contributed by atoms with Crippen molar-refractivity contribution in [1.82, 2.24) is 4.90 Å². The van der Waals surface area contributed by atoms with Crippen molar-refractivity contribution in [3.05, 3.63) is 29.3 Å². The molecule has 0 amide bonds. The average Bonchev–Trinajstić information content (AvgIpc) is 2.87. The number of nitrogens with zero attached hydrogens (tertiary/aromatic N) is 2. The van der Waals surface area contributed by atoms with E-state index in [-0.39, 0.29) is 6.04 Å². The second-order valence-electron chi connectivity index (χ2n) is 5.64. The lowest BCUT2D eigenvalue weighted by molar-refractivity contribution is 0.0980. The molecule has 2 N–H and O–H groups in total. The molecule has 2 rings (SSSR count). The summed E-state index contributed by atoms with van der Waals surface area (Å²) in [6.45, 7) is 9.46. The molecule has 0 radical (unpaired) electrons. The molecule has 4 nitrogen and oxygen atoms in total. The molecule has 0 fully saturated rings. The Bertz CT molecular complexity index is 450. The van der Waals surface area contributed by atoms with Gasteiger partial charge in [0, 0.05) is 45.0 Å².